The Morgan fingerprint density at radius 3 is 3.00 bits per heavy atom. The van der Waals surface area contributed by atoms with Crippen molar-refractivity contribution in [3.05, 3.63) is 23.0 Å². The van der Waals surface area contributed by atoms with Crippen molar-refractivity contribution < 1.29 is 5.11 Å². The summed E-state index contributed by atoms with van der Waals surface area (Å²) in [5.74, 6) is 0.411. The number of halogens is 1. The van der Waals surface area contributed by atoms with Gasteiger partial charge in [-0.25, -0.2) is 0 Å². The molecule has 0 aromatic carbocycles. The highest BCUT2D eigenvalue weighted by Gasteiger charge is 2.19. The molecular weight excluding hydrogens is 226 g/mol. The molecule has 1 aromatic rings. The van der Waals surface area contributed by atoms with E-state index >= 15 is 0 Å². The molecule has 1 N–H and O–H groups in total. The van der Waals surface area contributed by atoms with Crippen molar-refractivity contribution in [2.75, 3.05) is 19.7 Å². The molecule has 2 rings (SSSR count). The molecule has 0 saturated carbocycles. The minimum Gasteiger partial charge on any atom is -0.396 e. The second kappa shape index (κ2) is 5.57. The van der Waals surface area contributed by atoms with Gasteiger partial charge >= 0.3 is 0 Å². The first-order chi connectivity index (χ1) is 7.78. The summed E-state index contributed by atoms with van der Waals surface area (Å²) in [4.78, 5) is 2.31. The molecule has 0 aliphatic carbocycles. The van der Waals surface area contributed by atoms with E-state index in [1.54, 1.807) is 6.07 Å². The van der Waals surface area contributed by atoms with Crippen LogP contribution in [0.3, 0.4) is 0 Å². The lowest BCUT2D eigenvalue weighted by Crippen LogP contribution is -2.36. The first-order valence-corrected chi connectivity index (χ1v) is 5.97. The predicted molar refractivity (Wildman–Crippen MR) is 62.1 cm³/mol. The van der Waals surface area contributed by atoms with Gasteiger partial charge < -0.3 is 5.11 Å². The van der Waals surface area contributed by atoms with E-state index < -0.39 is 0 Å². The van der Waals surface area contributed by atoms with Crippen LogP contribution in [-0.2, 0) is 6.54 Å². The Morgan fingerprint density at radius 2 is 2.31 bits per heavy atom. The third-order valence-corrected chi connectivity index (χ3v) is 3.14. The van der Waals surface area contributed by atoms with Gasteiger partial charge in [-0.05, 0) is 37.4 Å². The topological polar surface area (TPSA) is 49.2 Å². The third kappa shape index (κ3) is 3.14. The Kier molecular flexibility index (Phi) is 4.09. The van der Waals surface area contributed by atoms with Gasteiger partial charge in [0.1, 0.15) is 0 Å². The monoisotopic (exact) mass is 241 g/mol. The van der Waals surface area contributed by atoms with Gasteiger partial charge in [-0.3, -0.25) is 4.90 Å². The van der Waals surface area contributed by atoms with Crippen LogP contribution >= 0.6 is 11.6 Å². The summed E-state index contributed by atoms with van der Waals surface area (Å²) in [6.07, 6.45) is 2.27. The minimum atomic E-state index is 0.281. The number of nitrogens with zero attached hydrogens (tertiary/aromatic N) is 3. The Bertz CT molecular complexity index is 331. The Morgan fingerprint density at radius 1 is 1.44 bits per heavy atom. The van der Waals surface area contributed by atoms with E-state index in [1.165, 1.54) is 0 Å². The maximum Gasteiger partial charge on any atom is 0.151 e. The quantitative estimate of drug-likeness (QED) is 0.868. The van der Waals surface area contributed by atoms with Crippen LogP contribution in [-0.4, -0.2) is 39.9 Å². The summed E-state index contributed by atoms with van der Waals surface area (Å²) < 4.78 is 0. The largest absolute Gasteiger partial charge is 0.396 e. The summed E-state index contributed by atoms with van der Waals surface area (Å²) in [5.41, 5.74) is 0.933. The van der Waals surface area contributed by atoms with Gasteiger partial charge in [0.2, 0.25) is 0 Å². The van der Waals surface area contributed by atoms with Crippen LogP contribution in [0.5, 0.6) is 0 Å². The van der Waals surface area contributed by atoms with Crippen LogP contribution in [0.4, 0.5) is 0 Å². The zero-order valence-corrected chi connectivity index (χ0v) is 9.90. The van der Waals surface area contributed by atoms with Crippen LogP contribution < -0.4 is 0 Å². The zero-order chi connectivity index (χ0) is 11.4. The number of piperidine rings is 1. The second-order valence-electron chi connectivity index (χ2n) is 4.27. The van der Waals surface area contributed by atoms with Crippen LogP contribution in [0.15, 0.2) is 12.1 Å². The van der Waals surface area contributed by atoms with Gasteiger partial charge in [-0.2, -0.15) is 5.10 Å². The minimum absolute atomic E-state index is 0.281. The zero-order valence-electron chi connectivity index (χ0n) is 9.14. The second-order valence-corrected chi connectivity index (χ2v) is 4.66. The fraction of sp³-hybridized carbons (Fsp3) is 0.636. The molecule has 0 unspecified atom stereocenters. The van der Waals surface area contributed by atoms with Crippen LogP contribution in [0.1, 0.15) is 18.5 Å². The molecule has 0 radical (unpaired) electrons. The van der Waals surface area contributed by atoms with E-state index in [0.29, 0.717) is 11.1 Å². The average molecular weight is 242 g/mol. The van der Waals surface area contributed by atoms with Crippen molar-refractivity contribution in [1.29, 1.82) is 0 Å². The van der Waals surface area contributed by atoms with E-state index in [2.05, 4.69) is 15.1 Å². The number of aromatic nitrogens is 2. The summed E-state index contributed by atoms with van der Waals surface area (Å²) in [6, 6.07) is 3.66. The summed E-state index contributed by atoms with van der Waals surface area (Å²) in [6.45, 7) is 3.09. The van der Waals surface area contributed by atoms with E-state index in [0.717, 1.165) is 38.2 Å². The first-order valence-electron chi connectivity index (χ1n) is 5.59. The molecule has 0 bridgehead atoms. The Hall–Kier alpha value is -0.710. The predicted octanol–water partition coefficient (Wildman–Crippen LogP) is 1.33. The van der Waals surface area contributed by atoms with Crippen molar-refractivity contribution >= 4 is 11.6 Å². The molecule has 4 nitrogen and oxygen atoms in total. The molecule has 16 heavy (non-hydrogen) atoms. The van der Waals surface area contributed by atoms with Gasteiger partial charge in [-0.1, -0.05) is 11.6 Å². The summed E-state index contributed by atoms with van der Waals surface area (Å²) in [5, 5.41) is 17.4. The molecule has 1 aliphatic rings. The van der Waals surface area contributed by atoms with Gasteiger partial charge in [0, 0.05) is 19.7 Å². The lowest BCUT2D eigenvalue weighted by Gasteiger charge is -2.31. The van der Waals surface area contributed by atoms with E-state index in [4.69, 9.17) is 16.7 Å². The third-order valence-electron chi connectivity index (χ3n) is 2.93. The van der Waals surface area contributed by atoms with Crippen LogP contribution in [0.25, 0.3) is 0 Å². The van der Waals surface area contributed by atoms with E-state index in [1.807, 2.05) is 6.07 Å². The molecule has 0 amide bonds. The highest BCUT2D eigenvalue weighted by atomic mass is 35.5. The van der Waals surface area contributed by atoms with Crippen LogP contribution in [0, 0.1) is 5.92 Å². The lowest BCUT2D eigenvalue weighted by molar-refractivity contribution is 0.115. The SMILES string of the molecule is OC[C@@H]1CCCN(Cc2ccc(Cl)nn2)C1. The van der Waals surface area contributed by atoms with Crippen molar-refractivity contribution in [1.82, 2.24) is 15.1 Å². The smallest absolute Gasteiger partial charge is 0.151 e. The highest BCUT2D eigenvalue weighted by molar-refractivity contribution is 6.29. The van der Waals surface area contributed by atoms with Crippen molar-refractivity contribution in [2.24, 2.45) is 5.92 Å². The van der Waals surface area contributed by atoms with E-state index in [-0.39, 0.29) is 6.61 Å². The number of aliphatic hydroxyl groups is 1. The maximum absolute atomic E-state index is 9.14. The highest BCUT2D eigenvalue weighted by Crippen LogP contribution is 2.17. The lowest BCUT2D eigenvalue weighted by atomic mass is 9.99. The van der Waals surface area contributed by atoms with Crippen molar-refractivity contribution in [2.45, 2.75) is 19.4 Å². The molecule has 1 fully saturated rings. The molecular formula is C11H16ClN3O. The number of likely N-dealkylation sites (tertiary alicyclic amines) is 1. The normalized spacial score (nSPS) is 22.2. The molecule has 2 heterocycles. The maximum atomic E-state index is 9.14. The van der Waals surface area contributed by atoms with Gasteiger partial charge in [0.05, 0.1) is 5.69 Å². The molecule has 1 aromatic heterocycles. The Balaban J connectivity index is 1.91. The van der Waals surface area contributed by atoms with Gasteiger partial charge in [-0.15, -0.1) is 5.10 Å². The number of aliphatic hydroxyl groups excluding tert-OH is 1. The number of hydrogen-bond donors (Lipinski definition) is 1. The standard InChI is InChI=1S/C11H16ClN3O/c12-11-4-3-10(13-14-11)7-15-5-1-2-9(6-15)8-16/h3-4,9,16H,1-2,5-8H2/t9-/m1/s1. The fourth-order valence-electron chi connectivity index (χ4n) is 2.10. The number of hydrogen-bond acceptors (Lipinski definition) is 4. The molecule has 1 saturated heterocycles. The van der Waals surface area contributed by atoms with E-state index in [9.17, 15) is 0 Å². The fourth-order valence-corrected chi connectivity index (χ4v) is 2.20. The number of rotatable bonds is 3. The molecule has 5 heteroatoms. The summed E-state index contributed by atoms with van der Waals surface area (Å²) in [7, 11) is 0. The average Bonchev–Trinajstić information content (AvgIpc) is 2.32. The first kappa shape index (κ1) is 11.8. The van der Waals surface area contributed by atoms with Gasteiger partial charge in [0.25, 0.3) is 0 Å². The van der Waals surface area contributed by atoms with Crippen molar-refractivity contribution in [3.63, 3.8) is 0 Å². The molecule has 1 aliphatic heterocycles. The van der Waals surface area contributed by atoms with Crippen molar-refractivity contribution in [3.8, 4) is 0 Å². The van der Waals surface area contributed by atoms with Gasteiger partial charge in [0.15, 0.2) is 5.15 Å². The van der Waals surface area contributed by atoms with Crippen LogP contribution in [0.2, 0.25) is 5.15 Å². The molecule has 88 valence electrons. The molecule has 1 atom stereocenters. The Labute approximate surface area is 100 Å². The molecule has 0 spiro atoms. The summed E-state index contributed by atoms with van der Waals surface area (Å²) >= 11 is 5.68.